The molecule has 1 fully saturated rings. The predicted octanol–water partition coefficient (Wildman–Crippen LogP) is 2.74. The monoisotopic (exact) mass is 368 g/mol. The molecule has 0 saturated carbocycles. The van der Waals surface area contributed by atoms with Crippen molar-refractivity contribution < 1.29 is 9.53 Å². The van der Waals surface area contributed by atoms with Crippen molar-refractivity contribution in [2.45, 2.75) is 33.3 Å². The van der Waals surface area contributed by atoms with E-state index in [-0.39, 0.29) is 5.91 Å². The van der Waals surface area contributed by atoms with Gasteiger partial charge >= 0.3 is 0 Å². The summed E-state index contributed by atoms with van der Waals surface area (Å²) in [5, 5.41) is 0. The second kappa shape index (κ2) is 9.46. The summed E-state index contributed by atoms with van der Waals surface area (Å²) in [5.74, 6) is 1.21. The molecule has 144 valence electrons. The zero-order valence-electron chi connectivity index (χ0n) is 16.2. The van der Waals surface area contributed by atoms with Gasteiger partial charge < -0.3 is 14.5 Å². The van der Waals surface area contributed by atoms with Gasteiger partial charge in [0.05, 0.1) is 6.61 Å². The fourth-order valence-corrected chi connectivity index (χ4v) is 3.26. The largest absolute Gasteiger partial charge is 0.377 e. The molecule has 1 aromatic heterocycles. The van der Waals surface area contributed by atoms with Gasteiger partial charge in [0.1, 0.15) is 12.1 Å². The van der Waals surface area contributed by atoms with Crippen molar-refractivity contribution in [3.63, 3.8) is 0 Å². The highest BCUT2D eigenvalue weighted by Gasteiger charge is 2.22. The molecule has 3 rings (SSSR count). The van der Waals surface area contributed by atoms with E-state index in [0.29, 0.717) is 19.6 Å². The first-order valence-corrected chi connectivity index (χ1v) is 9.58. The third kappa shape index (κ3) is 5.26. The molecule has 1 aliphatic heterocycles. The number of nitrogens with zero attached hydrogens (tertiary/aromatic N) is 4. The maximum Gasteiger partial charge on any atom is 0.222 e. The van der Waals surface area contributed by atoms with Crippen molar-refractivity contribution >= 4 is 11.7 Å². The van der Waals surface area contributed by atoms with Gasteiger partial charge in [-0.1, -0.05) is 30.3 Å². The average molecular weight is 368 g/mol. The van der Waals surface area contributed by atoms with Crippen LogP contribution in [0, 0.1) is 13.8 Å². The van der Waals surface area contributed by atoms with Gasteiger partial charge in [-0.2, -0.15) is 0 Å². The van der Waals surface area contributed by atoms with Crippen LogP contribution >= 0.6 is 0 Å². The van der Waals surface area contributed by atoms with Crippen LogP contribution in [0.1, 0.15) is 29.7 Å². The first-order valence-electron chi connectivity index (χ1n) is 9.58. The Bertz CT molecular complexity index is 743. The SMILES string of the molecule is Cc1ncnc(N2CCN(C(=O)CCCOCc3ccccc3)CC2)c1C. The van der Waals surface area contributed by atoms with Crippen LogP contribution in [0.25, 0.3) is 0 Å². The summed E-state index contributed by atoms with van der Waals surface area (Å²) in [6.07, 6.45) is 2.92. The molecule has 1 aliphatic rings. The zero-order valence-corrected chi connectivity index (χ0v) is 16.2. The minimum absolute atomic E-state index is 0.216. The molecule has 27 heavy (non-hydrogen) atoms. The normalized spacial score (nSPS) is 14.4. The van der Waals surface area contributed by atoms with Crippen molar-refractivity contribution in [2.75, 3.05) is 37.7 Å². The highest BCUT2D eigenvalue weighted by atomic mass is 16.5. The highest BCUT2D eigenvalue weighted by Crippen LogP contribution is 2.20. The van der Waals surface area contributed by atoms with Crippen molar-refractivity contribution in [1.29, 1.82) is 0 Å². The van der Waals surface area contributed by atoms with Crippen molar-refractivity contribution in [2.24, 2.45) is 0 Å². The van der Waals surface area contributed by atoms with Gasteiger partial charge in [0, 0.05) is 50.5 Å². The number of piperazine rings is 1. The molecule has 1 amide bonds. The van der Waals surface area contributed by atoms with Crippen LogP contribution in [-0.2, 0) is 16.1 Å². The average Bonchev–Trinajstić information content (AvgIpc) is 2.70. The van der Waals surface area contributed by atoms with Crippen LogP contribution in [0.3, 0.4) is 0 Å². The first kappa shape index (κ1) is 19.3. The number of benzene rings is 1. The van der Waals surface area contributed by atoms with Crippen LogP contribution in [0.5, 0.6) is 0 Å². The molecule has 0 N–H and O–H groups in total. The van der Waals surface area contributed by atoms with E-state index in [9.17, 15) is 4.79 Å². The number of carbonyl (C=O) groups excluding carboxylic acids is 1. The Hall–Kier alpha value is -2.47. The Kier molecular flexibility index (Phi) is 6.76. The van der Waals surface area contributed by atoms with Gasteiger partial charge in [-0.3, -0.25) is 4.79 Å². The van der Waals surface area contributed by atoms with Crippen molar-refractivity contribution in [1.82, 2.24) is 14.9 Å². The molecule has 2 aromatic rings. The lowest BCUT2D eigenvalue weighted by Crippen LogP contribution is -2.49. The maximum atomic E-state index is 12.4. The van der Waals surface area contributed by atoms with E-state index in [1.165, 1.54) is 0 Å². The maximum absolute atomic E-state index is 12.4. The fraction of sp³-hybridized carbons (Fsp3) is 0.476. The molecule has 0 spiro atoms. The lowest BCUT2D eigenvalue weighted by Gasteiger charge is -2.36. The minimum Gasteiger partial charge on any atom is -0.377 e. The second-order valence-corrected chi connectivity index (χ2v) is 6.92. The number of anilines is 1. The van der Waals surface area contributed by atoms with E-state index < -0.39 is 0 Å². The summed E-state index contributed by atoms with van der Waals surface area (Å²) < 4.78 is 5.66. The van der Waals surface area contributed by atoms with E-state index in [1.54, 1.807) is 6.33 Å². The fourth-order valence-electron chi connectivity index (χ4n) is 3.26. The van der Waals surface area contributed by atoms with Gasteiger partial charge in [0.15, 0.2) is 0 Å². The standard InChI is InChI=1S/C21H28N4O2/c1-17-18(2)22-16-23-21(17)25-12-10-24(11-13-25)20(26)9-6-14-27-15-19-7-4-3-5-8-19/h3-5,7-8,16H,6,9-15H2,1-2H3. The van der Waals surface area contributed by atoms with Gasteiger partial charge in [0.2, 0.25) is 5.91 Å². The molecule has 0 unspecified atom stereocenters. The molecule has 0 aliphatic carbocycles. The minimum atomic E-state index is 0.216. The van der Waals surface area contributed by atoms with Gasteiger partial charge in [0.25, 0.3) is 0 Å². The number of hydrogen-bond donors (Lipinski definition) is 0. The number of hydrogen-bond acceptors (Lipinski definition) is 5. The Morgan fingerprint density at radius 2 is 1.81 bits per heavy atom. The highest BCUT2D eigenvalue weighted by molar-refractivity contribution is 5.76. The Balaban J connectivity index is 1.36. The molecule has 1 aromatic carbocycles. The summed E-state index contributed by atoms with van der Waals surface area (Å²) in [4.78, 5) is 25.3. The summed E-state index contributed by atoms with van der Waals surface area (Å²) in [5.41, 5.74) is 3.29. The number of aryl methyl sites for hydroxylation is 1. The summed E-state index contributed by atoms with van der Waals surface area (Å²) in [7, 11) is 0. The van der Waals surface area contributed by atoms with Crippen LogP contribution in [0.15, 0.2) is 36.7 Å². The summed E-state index contributed by atoms with van der Waals surface area (Å²) in [6, 6.07) is 10.1. The van der Waals surface area contributed by atoms with E-state index >= 15 is 0 Å². The summed E-state index contributed by atoms with van der Waals surface area (Å²) >= 11 is 0. The zero-order chi connectivity index (χ0) is 19.1. The molecule has 1 saturated heterocycles. The number of rotatable bonds is 7. The molecule has 6 heteroatoms. The Labute approximate surface area is 161 Å². The molecule has 0 bridgehead atoms. The summed E-state index contributed by atoms with van der Waals surface area (Å²) in [6.45, 7) is 8.38. The number of ether oxygens (including phenoxy) is 1. The lowest BCUT2D eigenvalue weighted by molar-refractivity contribution is -0.131. The number of amides is 1. The second-order valence-electron chi connectivity index (χ2n) is 6.92. The molecular formula is C21H28N4O2. The topological polar surface area (TPSA) is 58.6 Å². The third-order valence-corrected chi connectivity index (χ3v) is 5.03. The lowest BCUT2D eigenvalue weighted by atomic mass is 10.2. The van der Waals surface area contributed by atoms with Gasteiger partial charge in [-0.15, -0.1) is 0 Å². The van der Waals surface area contributed by atoms with E-state index in [2.05, 4.69) is 21.8 Å². The molecular weight excluding hydrogens is 340 g/mol. The smallest absolute Gasteiger partial charge is 0.222 e. The van der Waals surface area contributed by atoms with Crippen molar-refractivity contribution in [3.8, 4) is 0 Å². The van der Waals surface area contributed by atoms with Gasteiger partial charge in [-0.05, 0) is 25.8 Å². The Morgan fingerprint density at radius 3 is 2.56 bits per heavy atom. The predicted molar refractivity (Wildman–Crippen MR) is 106 cm³/mol. The van der Waals surface area contributed by atoms with Gasteiger partial charge in [-0.25, -0.2) is 9.97 Å². The first-order chi connectivity index (χ1) is 13.1. The van der Waals surface area contributed by atoms with E-state index in [4.69, 9.17) is 4.74 Å². The third-order valence-electron chi connectivity index (χ3n) is 5.03. The van der Waals surface area contributed by atoms with Crippen molar-refractivity contribution in [3.05, 3.63) is 53.5 Å². The number of aromatic nitrogens is 2. The number of carbonyl (C=O) groups is 1. The van der Waals surface area contributed by atoms with Crippen LogP contribution in [-0.4, -0.2) is 53.6 Å². The quantitative estimate of drug-likeness (QED) is 0.704. The Morgan fingerprint density at radius 1 is 1.07 bits per heavy atom. The molecule has 6 nitrogen and oxygen atoms in total. The van der Waals surface area contributed by atoms with Crippen LogP contribution < -0.4 is 4.90 Å². The molecule has 0 atom stereocenters. The van der Waals surface area contributed by atoms with Crippen LogP contribution in [0.4, 0.5) is 5.82 Å². The van der Waals surface area contributed by atoms with E-state index in [0.717, 1.165) is 55.2 Å². The molecule has 0 radical (unpaired) electrons. The molecule has 2 heterocycles. The van der Waals surface area contributed by atoms with Crippen LogP contribution in [0.2, 0.25) is 0 Å². The van der Waals surface area contributed by atoms with E-state index in [1.807, 2.05) is 42.2 Å².